The first-order valence-corrected chi connectivity index (χ1v) is 23.0. The van der Waals surface area contributed by atoms with E-state index in [9.17, 15) is 78.3 Å². The van der Waals surface area contributed by atoms with Crippen LogP contribution in [0.25, 0.3) is 0 Å². The summed E-state index contributed by atoms with van der Waals surface area (Å²) in [5.74, 6) is -12.5. The Hall–Kier alpha value is -7.87. The van der Waals surface area contributed by atoms with Crippen molar-refractivity contribution in [2.75, 3.05) is 13.2 Å². The molecule has 1 aliphatic heterocycles. The molecule has 0 aliphatic carbocycles. The van der Waals surface area contributed by atoms with E-state index >= 15 is 0 Å². The van der Waals surface area contributed by atoms with Gasteiger partial charge in [0.25, 0.3) is 0 Å². The number of aliphatic hydroxyl groups excluding tert-OH is 1. The van der Waals surface area contributed by atoms with Gasteiger partial charge in [-0.1, -0.05) is 44.5 Å². The van der Waals surface area contributed by atoms with Crippen molar-refractivity contribution in [3.63, 3.8) is 0 Å². The first kappa shape index (κ1) is 58.4. The summed E-state index contributed by atoms with van der Waals surface area (Å²) in [6, 6.07) is -1.38. The molecule has 26 heteroatoms. The number of hydrogen-bond acceptors (Lipinski definition) is 15. The summed E-state index contributed by atoms with van der Waals surface area (Å²) in [6.45, 7) is 2.26. The van der Waals surface area contributed by atoms with Crippen molar-refractivity contribution in [2.24, 2.45) is 23.1 Å². The molecule has 26 nitrogen and oxygen atoms in total. The molecular weight excluding hydrogens is 949 g/mol. The molecule has 0 radical (unpaired) electrons. The Bertz CT molecular complexity index is 2280. The van der Waals surface area contributed by atoms with Crippen LogP contribution in [-0.4, -0.2) is 157 Å². The number of phenols is 2. The summed E-state index contributed by atoms with van der Waals surface area (Å²) in [7, 11) is 0. The quantitative estimate of drug-likeness (QED) is 0.0372. The van der Waals surface area contributed by atoms with E-state index in [0.29, 0.717) is 24.0 Å². The zero-order valence-corrected chi connectivity index (χ0v) is 39.7. The Morgan fingerprint density at radius 1 is 0.639 bits per heavy atom. The lowest BCUT2D eigenvalue weighted by molar-refractivity contribution is -0.145. The number of nitrogens with zero attached hydrogens (tertiary/aromatic N) is 1. The Morgan fingerprint density at radius 2 is 1.11 bits per heavy atom. The fourth-order valence-corrected chi connectivity index (χ4v) is 7.49. The highest BCUT2D eigenvalue weighted by atomic mass is 16.4. The normalized spacial score (nSPS) is 16.4. The van der Waals surface area contributed by atoms with Gasteiger partial charge in [0, 0.05) is 32.2 Å². The van der Waals surface area contributed by atoms with Crippen LogP contribution in [0.4, 0.5) is 0 Å². The van der Waals surface area contributed by atoms with E-state index in [1.54, 1.807) is 13.8 Å². The van der Waals surface area contributed by atoms with E-state index in [4.69, 9.17) is 17.2 Å². The van der Waals surface area contributed by atoms with Crippen molar-refractivity contribution in [1.29, 1.82) is 0 Å². The predicted molar refractivity (Wildman–Crippen MR) is 251 cm³/mol. The molecule has 1 fully saturated rings. The van der Waals surface area contributed by atoms with Crippen LogP contribution in [-0.2, 0) is 65.6 Å². The van der Waals surface area contributed by atoms with Crippen LogP contribution in [0.1, 0.15) is 76.3 Å². The maximum atomic E-state index is 14.2. The molecule has 9 amide bonds. The number of rotatable bonds is 29. The molecule has 394 valence electrons. The Balaban J connectivity index is 1.83. The number of primary amides is 2. The fraction of sp³-hybridized carbons (Fsp3) is 0.500. The minimum Gasteiger partial charge on any atom is -0.508 e. The number of amides is 9. The van der Waals surface area contributed by atoms with Crippen molar-refractivity contribution < 1.29 is 78.3 Å². The molecule has 2 aromatic carbocycles. The maximum absolute atomic E-state index is 14.2. The third kappa shape index (κ3) is 18.5. The number of aromatic hydroxyl groups is 2. The zero-order chi connectivity index (χ0) is 53.8. The van der Waals surface area contributed by atoms with Gasteiger partial charge in [-0.05, 0) is 67.0 Å². The summed E-state index contributed by atoms with van der Waals surface area (Å²) in [4.78, 5) is 144. The van der Waals surface area contributed by atoms with E-state index < -0.39 is 145 Å². The predicted octanol–water partition coefficient (Wildman–Crippen LogP) is -3.76. The van der Waals surface area contributed by atoms with Gasteiger partial charge in [-0.3, -0.25) is 47.9 Å². The number of carbonyl (C=O) groups excluding carboxylic acids is 9. The number of nitrogens with one attached hydrogen (secondary N) is 6. The molecule has 9 atom stereocenters. The Kier molecular flexibility index (Phi) is 22.8. The molecule has 2 aromatic rings. The standard InChI is InChI=1S/C46H64N10O16/c1-3-23(2)38(45(70)56-18-4-5-34(56)44(69)53-32(46(71)72)20-25-8-12-27(59)13-9-25)55-43(68)33(22-57)54-42(67)31(21-37(62)63)52-41(66)30(19-24-6-10-26(58)11-7-24)51-40(65)29(15-17-36(49)61)50-39(64)28(47)14-16-35(48)60/h6-13,23,28-34,38,57-59H,3-5,14-22,47H2,1-2H3,(H2,48,60)(H2,49,61)(H,50,64)(H,51,65)(H,52,66)(H,53,69)(H,54,67)(H,55,68)(H,62,63)(H,71,72)/t23-,28-,29-,30-,31-,32-,33-,34-,38-/m0/s1. The van der Waals surface area contributed by atoms with Gasteiger partial charge in [0.05, 0.1) is 19.1 Å². The van der Waals surface area contributed by atoms with Crippen LogP contribution < -0.4 is 49.1 Å². The zero-order valence-electron chi connectivity index (χ0n) is 39.7. The lowest BCUT2D eigenvalue weighted by Crippen LogP contribution is -2.61. The van der Waals surface area contributed by atoms with E-state index in [2.05, 4.69) is 31.9 Å². The number of carboxylic acid groups (broad SMARTS) is 2. The summed E-state index contributed by atoms with van der Waals surface area (Å²) in [5, 5.41) is 63.5. The van der Waals surface area contributed by atoms with Gasteiger partial charge in [-0.25, -0.2) is 4.79 Å². The molecule has 0 bridgehead atoms. The van der Waals surface area contributed by atoms with E-state index in [-0.39, 0.29) is 50.1 Å². The number of carboxylic acids is 2. The van der Waals surface area contributed by atoms with Crippen LogP contribution in [0.3, 0.4) is 0 Å². The highest BCUT2D eigenvalue weighted by molar-refractivity contribution is 5.99. The molecule has 1 aliphatic rings. The summed E-state index contributed by atoms with van der Waals surface area (Å²) in [5.41, 5.74) is 17.1. The first-order valence-electron chi connectivity index (χ1n) is 23.0. The molecule has 0 unspecified atom stereocenters. The average Bonchev–Trinajstić information content (AvgIpc) is 3.83. The molecule has 1 heterocycles. The second kappa shape index (κ2) is 28.1. The molecule has 0 spiro atoms. The lowest BCUT2D eigenvalue weighted by Gasteiger charge is -2.32. The minimum atomic E-state index is -2.00. The Labute approximate surface area is 413 Å². The van der Waals surface area contributed by atoms with Gasteiger partial charge < -0.3 is 79.5 Å². The van der Waals surface area contributed by atoms with Gasteiger partial charge >= 0.3 is 11.9 Å². The number of phenolic OH excluding ortho intramolecular Hbond substituents is 2. The third-order valence-electron chi connectivity index (χ3n) is 11.8. The summed E-state index contributed by atoms with van der Waals surface area (Å²) < 4.78 is 0. The number of carbonyl (C=O) groups is 11. The van der Waals surface area contributed by atoms with Crippen molar-refractivity contribution in [3.05, 3.63) is 59.7 Å². The van der Waals surface area contributed by atoms with Crippen LogP contribution in [0, 0.1) is 5.92 Å². The van der Waals surface area contributed by atoms with Crippen LogP contribution >= 0.6 is 0 Å². The van der Waals surface area contributed by atoms with Gasteiger partial charge in [0.15, 0.2) is 0 Å². The first-order chi connectivity index (χ1) is 33.9. The number of likely N-dealkylation sites (tertiary alicyclic amines) is 1. The molecule has 1 saturated heterocycles. The monoisotopic (exact) mass is 1010 g/mol. The molecule has 3 rings (SSSR count). The number of nitrogens with two attached hydrogens (primary N) is 3. The van der Waals surface area contributed by atoms with Crippen LogP contribution in [0.2, 0.25) is 0 Å². The topological polar surface area (TPSA) is 442 Å². The maximum Gasteiger partial charge on any atom is 0.326 e. The number of benzene rings is 2. The third-order valence-corrected chi connectivity index (χ3v) is 11.8. The average molecular weight is 1010 g/mol. The molecule has 17 N–H and O–H groups in total. The summed E-state index contributed by atoms with van der Waals surface area (Å²) in [6.07, 6.45) is -2.16. The van der Waals surface area contributed by atoms with Gasteiger partial charge in [0.1, 0.15) is 53.8 Å². The van der Waals surface area contributed by atoms with Gasteiger partial charge in [-0.2, -0.15) is 0 Å². The van der Waals surface area contributed by atoms with Crippen molar-refractivity contribution in [3.8, 4) is 11.5 Å². The lowest BCUT2D eigenvalue weighted by atomic mass is 9.96. The van der Waals surface area contributed by atoms with Gasteiger partial charge in [0.2, 0.25) is 53.2 Å². The largest absolute Gasteiger partial charge is 0.508 e. The second-order valence-corrected chi connectivity index (χ2v) is 17.3. The second-order valence-electron chi connectivity index (χ2n) is 17.3. The molecule has 72 heavy (non-hydrogen) atoms. The van der Waals surface area contributed by atoms with Crippen molar-refractivity contribution in [1.82, 2.24) is 36.8 Å². The van der Waals surface area contributed by atoms with E-state index in [1.807, 2.05) is 0 Å². The number of hydrogen-bond donors (Lipinski definition) is 14. The van der Waals surface area contributed by atoms with Crippen molar-refractivity contribution >= 4 is 65.1 Å². The summed E-state index contributed by atoms with van der Waals surface area (Å²) >= 11 is 0. The minimum absolute atomic E-state index is 0.0468. The van der Waals surface area contributed by atoms with Crippen molar-refractivity contribution in [2.45, 2.75) is 126 Å². The number of aliphatic hydroxyl groups is 1. The van der Waals surface area contributed by atoms with E-state index in [0.717, 1.165) is 0 Å². The molecular formula is C46H64N10O16. The van der Waals surface area contributed by atoms with E-state index in [1.165, 1.54) is 53.4 Å². The number of aliphatic carboxylic acids is 2. The van der Waals surface area contributed by atoms with Crippen LogP contribution in [0.15, 0.2) is 48.5 Å². The smallest absolute Gasteiger partial charge is 0.326 e. The highest BCUT2D eigenvalue weighted by Gasteiger charge is 2.41. The SMILES string of the molecule is CC[C@H](C)[C@H](NC(=O)[C@H](CO)NC(=O)[C@H](CC(=O)O)NC(=O)[C@H](Cc1ccc(O)cc1)NC(=O)[C@H](CCC(N)=O)NC(=O)[C@@H](N)CCC(N)=O)C(=O)N1CCC[C@H]1C(=O)N[C@@H](Cc1ccc(O)cc1)C(=O)O. The molecule has 0 saturated carbocycles. The molecule has 0 aromatic heterocycles. The fourth-order valence-electron chi connectivity index (χ4n) is 7.49. The highest BCUT2D eigenvalue weighted by Crippen LogP contribution is 2.22. The Morgan fingerprint density at radius 3 is 1.62 bits per heavy atom. The van der Waals surface area contributed by atoms with Gasteiger partial charge in [-0.15, -0.1) is 0 Å². The van der Waals surface area contributed by atoms with Crippen LogP contribution in [0.5, 0.6) is 11.5 Å².